The van der Waals surface area contributed by atoms with Crippen molar-refractivity contribution < 1.29 is 4.42 Å². The van der Waals surface area contributed by atoms with Crippen LogP contribution in [0.3, 0.4) is 0 Å². The van der Waals surface area contributed by atoms with E-state index in [1.165, 1.54) is 5.56 Å². The van der Waals surface area contributed by atoms with Crippen LogP contribution in [0.1, 0.15) is 5.56 Å². The third-order valence-corrected chi connectivity index (χ3v) is 2.09. The predicted molar refractivity (Wildman–Crippen MR) is 53.3 cm³/mol. The maximum absolute atomic E-state index is 5.70. The molecule has 0 spiro atoms. The molecule has 0 bridgehead atoms. The van der Waals surface area contributed by atoms with E-state index in [4.69, 9.17) is 10.2 Å². The number of nitrogens with two attached hydrogens (primary N) is 1. The maximum Gasteiger partial charge on any atom is 0.0981 e. The van der Waals surface area contributed by atoms with Crippen LogP contribution in [0.4, 0.5) is 5.69 Å². The van der Waals surface area contributed by atoms with Gasteiger partial charge in [-0.15, -0.1) is 0 Å². The molecule has 0 aliphatic carbocycles. The van der Waals surface area contributed by atoms with Gasteiger partial charge in [0, 0.05) is 11.3 Å². The minimum atomic E-state index is 0.779. The van der Waals surface area contributed by atoms with Crippen LogP contribution in [0.25, 0.3) is 11.1 Å². The van der Waals surface area contributed by atoms with Crippen molar-refractivity contribution in [1.82, 2.24) is 0 Å². The Labute approximate surface area is 77.0 Å². The summed E-state index contributed by atoms with van der Waals surface area (Å²) >= 11 is 0. The van der Waals surface area contributed by atoms with Crippen molar-refractivity contribution in [2.45, 2.75) is 6.92 Å². The van der Waals surface area contributed by atoms with Crippen LogP contribution in [-0.2, 0) is 0 Å². The molecular formula is C11H11NO. The fourth-order valence-electron chi connectivity index (χ4n) is 1.37. The van der Waals surface area contributed by atoms with Crippen molar-refractivity contribution in [3.8, 4) is 11.1 Å². The summed E-state index contributed by atoms with van der Waals surface area (Å²) in [7, 11) is 0. The molecule has 0 saturated carbocycles. The largest absolute Gasteiger partial charge is 0.472 e. The van der Waals surface area contributed by atoms with Gasteiger partial charge >= 0.3 is 0 Å². The highest BCUT2D eigenvalue weighted by Gasteiger charge is 2.02. The molecule has 0 unspecified atom stereocenters. The number of hydrogen-bond acceptors (Lipinski definition) is 2. The second kappa shape index (κ2) is 2.98. The molecule has 66 valence electrons. The second-order valence-corrected chi connectivity index (χ2v) is 3.09. The van der Waals surface area contributed by atoms with E-state index in [2.05, 4.69) is 6.92 Å². The summed E-state index contributed by atoms with van der Waals surface area (Å²) < 4.78 is 5.02. The summed E-state index contributed by atoms with van der Waals surface area (Å²) in [5, 5.41) is 0. The van der Waals surface area contributed by atoms with Gasteiger partial charge in [-0.05, 0) is 36.2 Å². The first kappa shape index (κ1) is 7.92. The van der Waals surface area contributed by atoms with E-state index in [0.29, 0.717) is 0 Å². The predicted octanol–water partition coefficient (Wildman–Crippen LogP) is 2.84. The molecule has 2 N–H and O–H groups in total. The monoisotopic (exact) mass is 173 g/mol. The number of anilines is 1. The summed E-state index contributed by atoms with van der Waals surface area (Å²) in [4.78, 5) is 0. The average molecular weight is 173 g/mol. The van der Waals surface area contributed by atoms with Gasteiger partial charge in [-0.1, -0.05) is 6.07 Å². The van der Waals surface area contributed by atoms with Gasteiger partial charge in [-0.25, -0.2) is 0 Å². The third kappa shape index (κ3) is 1.43. The Kier molecular flexibility index (Phi) is 1.81. The van der Waals surface area contributed by atoms with Crippen molar-refractivity contribution in [1.29, 1.82) is 0 Å². The Morgan fingerprint density at radius 3 is 2.77 bits per heavy atom. The lowest BCUT2D eigenvalue weighted by atomic mass is 10.0. The Morgan fingerprint density at radius 2 is 2.08 bits per heavy atom. The molecule has 1 aromatic carbocycles. The molecule has 0 aliphatic heterocycles. The van der Waals surface area contributed by atoms with Gasteiger partial charge in [0.05, 0.1) is 12.5 Å². The van der Waals surface area contributed by atoms with Gasteiger partial charge < -0.3 is 10.2 Å². The van der Waals surface area contributed by atoms with Crippen LogP contribution >= 0.6 is 0 Å². The zero-order valence-electron chi connectivity index (χ0n) is 7.45. The molecule has 0 aliphatic rings. The molecule has 0 saturated heterocycles. The molecule has 2 aromatic rings. The van der Waals surface area contributed by atoms with Crippen LogP contribution < -0.4 is 5.73 Å². The molecule has 0 radical (unpaired) electrons. The number of aryl methyl sites for hydroxylation is 1. The van der Waals surface area contributed by atoms with Gasteiger partial charge in [-0.3, -0.25) is 0 Å². The van der Waals surface area contributed by atoms with Crippen LogP contribution in [0, 0.1) is 6.92 Å². The average Bonchev–Trinajstić information content (AvgIpc) is 2.61. The molecule has 2 rings (SSSR count). The highest BCUT2D eigenvalue weighted by molar-refractivity contribution is 5.69. The smallest absolute Gasteiger partial charge is 0.0981 e. The molecule has 2 heteroatoms. The van der Waals surface area contributed by atoms with E-state index >= 15 is 0 Å². The van der Waals surface area contributed by atoms with Gasteiger partial charge in [0.25, 0.3) is 0 Å². The van der Waals surface area contributed by atoms with E-state index < -0.39 is 0 Å². The lowest BCUT2D eigenvalue weighted by Crippen LogP contribution is -1.87. The Balaban J connectivity index is 2.57. The fourth-order valence-corrected chi connectivity index (χ4v) is 1.37. The highest BCUT2D eigenvalue weighted by Crippen LogP contribution is 2.25. The van der Waals surface area contributed by atoms with E-state index in [-0.39, 0.29) is 0 Å². The molecule has 13 heavy (non-hydrogen) atoms. The molecule has 0 amide bonds. The molecule has 1 aromatic heterocycles. The zero-order valence-corrected chi connectivity index (χ0v) is 7.45. The SMILES string of the molecule is Cc1ccc(N)cc1-c1ccoc1. The van der Waals surface area contributed by atoms with Crippen LogP contribution in [-0.4, -0.2) is 0 Å². The second-order valence-electron chi connectivity index (χ2n) is 3.09. The Bertz CT molecular complexity index is 404. The first-order valence-corrected chi connectivity index (χ1v) is 4.16. The van der Waals surface area contributed by atoms with Crippen LogP contribution in [0.15, 0.2) is 41.2 Å². The Hall–Kier alpha value is -1.70. The summed E-state index contributed by atoms with van der Waals surface area (Å²) in [6.07, 6.45) is 3.39. The van der Waals surface area contributed by atoms with E-state index in [0.717, 1.165) is 16.8 Å². The van der Waals surface area contributed by atoms with Gasteiger partial charge in [0.2, 0.25) is 0 Å². The summed E-state index contributed by atoms with van der Waals surface area (Å²) in [5.41, 5.74) is 9.89. The summed E-state index contributed by atoms with van der Waals surface area (Å²) in [5.74, 6) is 0. The lowest BCUT2D eigenvalue weighted by Gasteiger charge is -2.03. The lowest BCUT2D eigenvalue weighted by molar-refractivity contribution is 0.568. The standard InChI is InChI=1S/C11H11NO/c1-8-2-3-10(12)6-11(8)9-4-5-13-7-9/h2-7H,12H2,1H3. The van der Waals surface area contributed by atoms with E-state index in [1.54, 1.807) is 12.5 Å². The topological polar surface area (TPSA) is 39.2 Å². The van der Waals surface area contributed by atoms with Crippen molar-refractivity contribution in [2.75, 3.05) is 5.73 Å². The minimum Gasteiger partial charge on any atom is -0.472 e. The third-order valence-electron chi connectivity index (χ3n) is 2.09. The minimum absolute atomic E-state index is 0.779. The summed E-state index contributed by atoms with van der Waals surface area (Å²) in [6.45, 7) is 2.06. The molecule has 0 fully saturated rings. The number of benzene rings is 1. The number of nitrogen functional groups attached to an aromatic ring is 1. The molecule has 1 heterocycles. The van der Waals surface area contributed by atoms with E-state index in [9.17, 15) is 0 Å². The van der Waals surface area contributed by atoms with Crippen molar-refractivity contribution >= 4 is 5.69 Å². The van der Waals surface area contributed by atoms with Crippen molar-refractivity contribution in [2.24, 2.45) is 0 Å². The molecule has 2 nitrogen and oxygen atoms in total. The molecule has 0 atom stereocenters. The number of rotatable bonds is 1. The fraction of sp³-hybridized carbons (Fsp3) is 0.0909. The van der Waals surface area contributed by atoms with E-state index in [1.807, 2.05) is 24.3 Å². The number of furan rings is 1. The van der Waals surface area contributed by atoms with Crippen LogP contribution in [0.2, 0.25) is 0 Å². The summed E-state index contributed by atoms with van der Waals surface area (Å²) in [6, 6.07) is 7.80. The van der Waals surface area contributed by atoms with Gasteiger partial charge in [-0.2, -0.15) is 0 Å². The van der Waals surface area contributed by atoms with Gasteiger partial charge in [0.15, 0.2) is 0 Å². The normalized spacial score (nSPS) is 10.2. The quantitative estimate of drug-likeness (QED) is 0.673. The van der Waals surface area contributed by atoms with Gasteiger partial charge in [0.1, 0.15) is 0 Å². The highest BCUT2D eigenvalue weighted by atomic mass is 16.3. The number of hydrogen-bond donors (Lipinski definition) is 1. The first-order chi connectivity index (χ1) is 6.27. The van der Waals surface area contributed by atoms with Crippen molar-refractivity contribution in [3.05, 3.63) is 42.4 Å². The van der Waals surface area contributed by atoms with Crippen LogP contribution in [0.5, 0.6) is 0 Å². The zero-order chi connectivity index (χ0) is 9.26. The molecular weight excluding hydrogens is 162 g/mol. The maximum atomic E-state index is 5.70. The first-order valence-electron chi connectivity index (χ1n) is 4.16. The van der Waals surface area contributed by atoms with Crippen molar-refractivity contribution in [3.63, 3.8) is 0 Å². The Morgan fingerprint density at radius 1 is 1.23 bits per heavy atom.